The summed E-state index contributed by atoms with van der Waals surface area (Å²) in [7, 11) is 1.60. The molecule has 2 aromatic rings. The molecule has 2 aliphatic heterocycles. The number of piperidine rings is 1. The number of carbonyl (C=O) groups excluding carboxylic acids is 1. The van der Waals surface area contributed by atoms with Gasteiger partial charge in [0.2, 0.25) is 0 Å². The molecule has 2 aliphatic rings. The van der Waals surface area contributed by atoms with Gasteiger partial charge in [-0.05, 0) is 48.7 Å². The molecular weight excluding hydrogens is 410 g/mol. The number of morpholine rings is 1. The summed E-state index contributed by atoms with van der Waals surface area (Å²) < 4.78 is 10.6. The molecule has 8 nitrogen and oxygen atoms in total. The zero-order valence-corrected chi connectivity index (χ0v) is 18.4. The van der Waals surface area contributed by atoms with Crippen LogP contribution in [0.2, 0.25) is 0 Å². The van der Waals surface area contributed by atoms with Gasteiger partial charge < -0.3 is 14.4 Å². The molecule has 0 radical (unpaired) electrons. The average molecular weight is 440 g/mol. The maximum Gasteiger partial charge on any atom is 0.292 e. The lowest BCUT2D eigenvalue weighted by Gasteiger charge is -2.33. The number of ketones is 1. The standard InChI is InChI=1S/C24H29N3O5/c1-31-21-5-3-19(4-6-21)24(28)20-8-10-26(11-9-20)23-16-18(2-7-22(23)27(29)30)17-25-12-14-32-15-13-25/h2-7,16,20H,8-15,17H2,1H3. The number of Topliss-reactive ketones (excluding diaryl/α,β-unsaturated/α-hetero) is 1. The maximum atomic E-state index is 12.9. The Hall–Kier alpha value is -2.97. The van der Waals surface area contributed by atoms with Gasteiger partial charge in [-0.25, -0.2) is 0 Å². The molecule has 0 N–H and O–H groups in total. The second-order valence-corrected chi connectivity index (χ2v) is 8.32. The summed E-state index contributed by atoms with van der Waals surface area (Å²) >= 11 is 0. The molecule has 2 heterocycles. The van der Waals surface area contributed by atoms with E-state index in [0.29, 0.717) is 37.2 Å². The number of nitro groups is 1. The first-order valence-corrected chi connectivity index (χ1v) is 11.1. The molecule has 0 bridgehead atoms. The molecule has 0 atom stereocenters. The Balaban J connectivity index is 1.44. The van der Waals surface area contributed by atoms with Crippen molar-refractivity contribution in [2.75, 3.05) is 51.4 Å². The lowest BCUT2D eigenvalue weighted by Crippen LogP contribution is -2.37. The number of ether oxygens (including phenoxy) is 2. The Bertz CT molecular complexity index is 949. The van der Waals surface area contributed by atoms with Crippen LogP contribution in [-0.2, 0) is 11.3 Å². The summed E-state index contributed by atoms with van der Waals surface area (Å²) in [6, 6.07) is 12.6. The molecule has 170 valence electrons. The number of rotatable bonds is 7. The second-order valence-electron chi connectivity index (χ2n) is 8.32. The van der Waals surface area contributed by atoms with Crippen molar-refractivity contribution >= 4 is 17.2 Å². The predicted octanol–water partition coefficient (Wildman–Crippen LogP) is 3.53. The van der Waals surface area contributed by atoms with E-state index in [1.54, 1.807) is 37.4 Å². The van der Waals surface area contributed by atoms with Crippen molar-refractivity contribution < 1.29 is 19.2 Å². The summed E-state index contributed by atoms with van der Waals surface area (Å²) in [5, 5.41) is 11.7. The molecule has 4 rings (SSSR count). The number of hydrogen-bond acceptors (Lipinski definition) is 7. The van der Waals surface area contributed by atoms with E-state index >= 15 is 0 Å². The van der Waals surface area contributed by atoms with Crippen molar-refractivity contribution in [3.05, 3.63) is 63.7 Å². The molecule has 2 fully saturated rings. The predicted molar refractivity (Wildman–Crippen MR) is 121 cm³/mol. The molecule has 0 aliphatic carbocycles. The molecule has 32 heavy (non-hydrogen) atoms. The molecule has 0 amide bonds. The summed E-state index contributed by atoms with van der Waals surface area (Å²) in [6.45, 7) is 5.16. The average Bonchev–Trinajstić information content (AvgIpc) is 2.84. The molecule has 0 spiro atoms. The van der Waals surface area contributed by atoms with E-state index in [9.17, 15) is 14.9 Å². The molecule has 0 saturated carbocycles. The van der Waals surface area contributed by atoms with E-state index in [1.165, 1.54) is 0 Å². The Labute approximate surface area is 187 Å². The number of methoxy groups -OCH3 is 1. The van der Waals surface area contributed by atoms with Gasteiger partial charge >= 0.3 is 0 Å². The van der Waals surface area contributed by atoms with Gasteiger partial charge in [0.25, 0.3) is 5.69 Å². The first kappa shape index (κ1) is 22.2. The van der Waals surface area contributed by atoms with Crippen molar-refractivity contribution in [1.82, 2.24) is 4.90 Å². The van der Waals surface area contributed by atoms with Crippen LogP contribution in [0.5, 0.6) is 5.75 Å². The molecule has 2 aromatic carbocycles. The Morgan fingerprint density at radius 2 is 1.78 bits per heavy atom. The largest absolute Gasteiger partial charge is 0.497 e. The number of anilines is 1. The number of nitrogens with zero attached hydrogens (tertiary/aromatic N) is 3. The molecular formula is C24H29N3O5. The van der Waals surface area contributed by atoms with Crippen LogP contribution in [0.25, 0.3) is 0 Å². The fourth-order valence-corrected chi connectivity index (χ4v) is 4.47. The first-order valence-electron chi connectivity index (χ1n) is 11.1. The Morgan fingerprint density at radius 1 is 1.09 bits per heavy atom. The van der Waals surface area contributed by atoms with Gasteiger partial charge in [0.1, 0.15) is 11.4 Å². The number of benzene rings is 2. The monoisotopic (exact) mass is 439 g/mol. The van der Waals surface area contributed by atoms with Crippen molar-refractivity contribution in [2.24, 2.45) is 5.92 Å². The summed E-state index contributed by atoms with van der Waals surface area (Å²) in [5.74, 6) is 0.777. The van der Waals surface area contributed by atoms with Gasteiger partial charge in [-0.1, -0.05) is 6.07 Å². The van der Waals surface area contributed by atoms with Gasteiger partial charge in [-0.2, -0.15) is 0 Å². The van der Waals surface area contributed by atoms with E-state index in [1.807, 2.05) is 12.1 Å². The maximum absolute atomic E-state index is 12.9. The number of carbonyl (C=O) groups is 1. The number of hydrogen-bond donors (Lipinski definition) is 0. The minimum atomic E-state index is -0.317. The fourth-order valence-electron chi connectivity index (χ4n) is 4.47. The summed E-state index contributed by atoms with van der Waals surface area (Å²) in [6.07, 6.45) is 1.35. The van der Waals surface area contributed by atoms with Gasteiger partial charge in [-0.3, -0.25) is 19.8 Å². The van der Waals surface area contributed by atoms with Crippen LogP contribution < -0.4 is 9.64 Å². The van der Waals surface area contributed by atoms with Crippen LogP contribution >= 0.6 is 0 Å². The second kappa shape index (κ2) is 10.1. The molecule has 2 saturated heterocycles. The molecule has 0 aromatic heterocycles. The van der Waals surface area contributed by atoms with E-state index in [2.05, 4.69) is 9.80 Å². The highest BCUT2D eigenvalue weighted by molar-refractivity contribution is 5.98. The fraction of sp³-hybridized carbons (Fsp3) is 0.458. The minimum Gasteiger partial charge on any atom is -0.497 e. The van der Waals surface area contributed by atoms with Crippen molar-refractivity contribution in [1.29, 1.82) is 0 Å². The van der Waals surface area contributed by atoms with Gasteiger partial charge in [-0.15, -0.1) is 0 Å². The van der Waals surface area contributed by atoms with Gasteiger partial charge in [0, 0.05) is 50.3 Å². The van der Waals surface area contributed by atoms with Gasteiger partial charge in [0.15, 0.2) is 5.78 Å². The third-order valence-corrected chi connectivity index (χ3v) is 6.33. The highest BCUT2D eigenvalue weighted by Crippen LogP contribution is 2.33. The minimum absolute atomic E-state index is 0.0739. The SMILES string of the molecule is COc1ccc(C(=O)C2CCN(c3cc(CN4CCOCC4)ccc3[N+](=O)[O-])CC2)cc1. The Morgan fingerprint density at radius 3 is 2.41 bits per heavy atom. The van der Waals surface area contributed by atoms with Crippen LogP contribution in [0.15, 0.2) is 42.5 Å². The lowest BCUT2D eigenvalue weighted by molar-refractivity contribution is -0.384. The van der Waals surface area contributed by atoms with Crippen molar-refractivity contribution in [3.63, 3.8) is 0 Å². The van der Waals surface area contributed by atoms with Crippen LogP contribution in [0.3, 0.4) is 0 Å². The zero-order chi connectivity index (χ0) is 22.5. The normalized spacial score (nSPS) is 17.8. The van der Waals surface area contributed by atoms with E-state index in [0.717, 1.165) is 44.2 Å². The lowest BCUT2D eigenvalue weighted by atomic mass is 9.88. The topological polar surface area (TPSA) is 85.2 Å². The summed E-state index contributed by atoms with van der Waals surface area (Å²) in [4.78, 5) is 28.6. The Kier molecular flexibility index (Phi) is 7.02. The molecule has 8 heteroatoms. The van der Waals surface area contributed by atoms with Crippen molar-refractivity contribution in [3.8, 4) is 5.75 Å². The van der Waals surface area contributed by atoms with Crippen LogP contribution in [0.1, 0.15) is 28.8 Å². The number of nitro benzene ring substituents is 1. The van der Waals surface area contributed by atoms with Crippen LogP contribution in [-0.4, -0.2) is 62.1 Å². The molecule has 0 unspecified atom stereocenters. The highest BCUT2D eigenvalue weighted by atomic mass is 16.6. The highest BCUT2D eigenvalue weighted by Gasteiger charge is 2.29. The van der Waals surface area contributed by atoms with Crippen molar-refractivity contribution in [2.45, 2.75) is 19.4 Å². The summed E-state index contributed by atoms with van der Waals surface area (Å²) in [5.41, 5.74) is 2.51. The third kappa shape index (κ3) is 5.08. The third-order valence-electron chi connectivity index (χ3n) is 6.33. The van der Waals surface area contributed by atoms with E-state index in [4.69, 9.17) is 9.47 Å². The van der Waals surface area contributed by atoms with Crippen LogP contribution in [0, 0.1) is 16.0 Å². The van der Waals surface area contributed by atoms with Crippen LogP contribution in [0.4, 0.5) is 11.4 Å². The smallest absolute Gasteiger partial charge is 0.292 e. The van der Waals surface area contributed by atoms with E-state index in [-0.39, 0.29) is 22.3 Å². The first-order chi connectivity index (χ1) is 15.5. The quantitative estimate of drug-likeness (QED) is 0.371. The van der Waals surface area contributed by atoms with Gasteiger partial charge in [0.05, 0.1) is 25.2 Å². The van der Waals surface area contributed by atoms with E-state index < -0.39 is 0 Å². The zero-order valence-electron chi connectivity index (χ0n) is 18.4.